The topological polar surface area (TPSA) is 52.0 Å². The van der Waals surface area contributed by atoms with Crippen molar-refractivity contribution in [3.05, 3.63) is 12.2 Å². The van der Waals surface area contributed by atoms with Crippen molar-refractivity contribution in [3.8, 4) is 0 Å². The predicted molar refractivity (Wildman–Crippen MR) is 49.6 cm³/mol. The highest BCUT2D eigenvalue weighted by Crippen LogP contribution is 2.13. The van der Waals surface area contributed by atoms with Crippen LogP contribution in [0.4, 0.5) is 13.2 Å². The van der Waals surface area contributed by atoms with Crippen LogP contribution in [0.3, 0.4) is 0 Å². The van der Waals surface area contributed by atoms with Gasteiger partial charge in [-0.05, 0) is 0 Å². The first-order valence-electron chi connectivity index (χ1n) is 4.67. The first-order valence-corrected chi connectivity index (χ1v) is 4.67. The van der Waals surface area contributed by atoms with Gasteiger partial charge < -0.3 is 10.1 Å². The highest BCUT2D eigenvalue weighted by atomic mass is 19.4. The van der Waals surface area contributed by atoms with Crippen molar-refractivity contribution < 1.29 is 17.9 Å². The van der Waals surface area contributed by atoms with Crippen molar-refractivity contribution in [1.82, 2.24) is 20.1 Å². The lowest BCUT2D eigenvalue weighted by molar-refractivity contribution is -0.173. The number of nitrogens with one attached hydrogen (secondary N) is 1. The van der Waals surface area contributed by atoms with Gasteiger partial charge in [-0.2, -0.15) is 18.3 Å². The summed E-state index contributed by atoms with van der Waals surface area (Å²) < 4.78 is 41.0. The van der Waals surface area contributed by atoms with Crippen molar-refractivity contribution in [1.29, 1.82) is 0 Å². The van der Waals surface area contributed by atoms with E-state index in [1.165, 1.54) is 0 Å². The fourth-order valence-corrected chi connectivity index (χ4v) is 0.997. The molecule has 0 saturated heterocycles. The summed E-state index contributed by atoms with van der Waals surface area (Å²) in [6.45, 7) is -0.465. The van der Waals surface area contributed by atoms with Gasteiger partial charge in [0.2, 0.25) is 0 Å². The maximum atomic E-state index is 11.7. The Morgan fingerprint density at radius 3 is 2.81 bits per heavy atom. The molecule has 1 N–H and O–H groups in total. The fourth-order valence-electron chi connectivity index (χ4n) is 0.997. The van der Waals surface area contributed by atoms with Gasteiger partial charge in [-0.25, -0.2) is 4.98 Å². The number of aryl methyl sites for hydroxylation is 1. The number of rotatable bonds is 6. The molecule has 1 aromatic heterocycles. The second kappa shape index (κ2) is 5.80. The number of aromatic nitrogens is 3. The van der Waals surface area contributed by atoms with E-state index in [0.29, 0.717) is 18.9 Å². The molecule has 1 rings (SSSR count). The van der Waals surface area contributed by atoms with E-state index in [1.807, 2.05) is 0 Å². The Morgan fingerprint density at radius 1 is 1.50 bits per heavy atom. The molecule has 5 nitrogen and oxygen atoms in total. The average Bonchev–Trinajstić information content (AvgIpc) is 2.56. The Hall–Kier alpha value is -1.15. The number of alkyl halides is 3. The molecule has 0 fully saturated rings. The van der Waals surface area contributed by atoms with E-state index >= 15 is 0 Å². The largest absolute Gasteiger partial charge is 0.411 e. The van der Waals surface area contributed by atoms with Gasteiger partial charge in [0.1, 0.15) is 12.9 Å². The summed E-state index contributed by atoms with van der Waals surface area (Å²) in [5.74, 6) is 0.596. The Bertz CT molecular complexity index is 312. The minimum atomic E-state index is -4.26. The van der Waals surface area contributed by atoms with Crippen molar-refractivity contribution in [2.75, 3.05) is 19.8 Å². The van der Waals surface area contributed by atoms with E-state index in [-0.39, 0.29) is 6.61 Å². The van der Waals surface area contributed by atoms with Gasteiger partial charge in [0.05, 0.1) is 13.2 Å². The number of ether oxygens (including phenoxy) is 1. The zero-order valence-corrected chi connectivity index (χ0v) is 8.79. The first-order chi connectivity index (χ1) is 7.47. The van der Waals surface area contributed by atoms with E-state index in [9.17, 15) is 13.2 Å². The summed E-state index contributed by atoms with van der Waals surface area (Å²) in [6.07, 6.45) is -2.71. The SMILES string of the molecule is Cn1cnc(CNCCOCC(F)(F)F)n1. The van der Waals surface area contributed by atoms with E-state index in [2.05, 4.69) is 20.1 Å². The summed E-state index contributed by atoms with van der Waals surface area (Å²) in [6, 6.07) is 0. The summed E-state index contributed by atoms with van der Waals surface area (Å²) in [7, 11) is 1.74. The zero-order valence-electron chi connectivity index (χ0n) is 8.79. The van der Waals surface area contributed by atoms with Crippen LogP contribution in [0.2, 0.25) is 0 Å². The second-order valence-electron chi connectivity index (χ2n) is 3.18. The molecule has 1 heterocycles. The van der Waals surface area contributed by atoms with Crippen LogP contribution in [0.25, 0.3) is 0 Å². The molecule has 0 unspecified atom stereocenters. The average molecular weight is 238 g/mol. The third-order valence-corrected chi connectivity index (χ3v) is 1.62. The lowest BCUT2D eigenvalue weighted by Gasteiger charge is -2.07. The van der Waals surface area contributed by atoms with Crippen LogP contribution in [-0.4, -0.2) is 40.7 Å². The molecule has 1 aromatic rings. The van der Waals surface area contributed by atoms with E-state index < -0.39 is 12.8 Å². The van der Waals surface area contributed by atoms with Gasteiger partial charge in [-0.1, -0.05) is 0 Å². The van der Waals surface area contributed by atoms with Crippen LogP contribution < -0.4 is 5.32 Å². The Balaban J connectivity index is 2.00. The third-order valence-electron chi connectivity index (χ3n) is 1.62. The molecule has 0 aliphatic heterocycles. The predicted octanol–water partition coefficient (Wildman–Crippen LogP) is 0.484. The fraction of sp³-hybridized carbons (Fsp3) is 0.750. The molecule has 0 aromatic carbocycles. The van der Waals surface area contributed by atoms with Crippen molar-refractivity contribution in [3.63, 3.8) is 0 Å². The van der Waals surface area contributed by atoms with Crippen LogP contribution in [0.1, 0.15) is 5.82 Å². The monoisotopic (exact) mass is 238 g/mol. The molecule has 0 amide bonds. The Labute approximate surface area is 90.6 Å². The third kappa shape index (κ3) is 5.66. The van der Waals surface area contributed by atoms with Crippen LogP contribution in [-0.2, 0) is 18.3 Å². The lowest BCUT2D eigenvalue weighted by atomic mass is 10.5. The number of halogens is 3. The smallest absolute Gasteiger partial charge is 0.371 e. The lowest BCUT2D eigenvalue weighted by Crippen LogP contribution is -2.24. The molecule has 16 heavy (non-hydrogen) atoms. The normalized spacial score (nSPS) is 12.0. The molecule has 0 radical (unpaired) electrons. The van der Waals surface area contributed by atoms with Crippen LogP contribution in [0.5, 0.6) is 0 Å². The maximum Gasteiger partial charge on any atom is 0.411 e. The van der Waals surface area contributed by atoms with Gasteiger partial charge >= 0.3 is 6.18 Å². The van der Waals surface area contributed by atoms with E-state index in [4.69, 9.17) is 0 Å². The van der Waals surface area contributed by atoms with Gasteiger partial charge in [0, 0.05) is 13.6 Å². The molecule has 0 aliphatic rings. The highest BCUT2D eigenvalue weighted by Gasteiger charge is 2.27. The first kappa shape index (κ1) is 12.9. The van der Waals surface area contributed by atoms with Crippen LogP contribution >= 0.6 is 0 Å². The maximum absolute atomic E-state index is 11.7. The second-order valence-corrected chi connectivity index (χ2v) is 3.18. The molecule has 8 heteroatoms. The number of nitrogens with zero attached hydrogens (tertiary/aromatic N) is 3. The van der Waals surface area contributed by atoms with Crippen molar-refractivity contribution in [2.24, 2.45) is 7.05 Å². The molecular formula is C8H13F3N4O. The van der Waals surface area contributed by atoms with Gasteiger partial charge in [-0.3, -0.25) is 4.68 Å². The summed E-state index contributed by atoms with van der Waals surface area (Å²) >= 11 is 0. The van der Waals surface area contributed by atoms with Crippen LogP contribution in [0.15, 0.2) is 6.33 Å². The quantitative estimate of drug-likeness (QED) is 0.732. The van der Waals surface area contributed by atoms with Gasteiger partial charge in [0.15, 0.2) is 5.82 Å². The van der Waals surface area contributed by atoms with Crippen molar-refractivity contribution in [2.45, 2.75) is 12.7 Å². The van der Waals surface area contributed by atoms with Crippen LogP contribution in [0, 0.1) is 0 Å². The number of hydrogen-bond acceptors (Lipinski definition) is 4. The highest BCUT2D eigenvalue weighted by molar-refractivity contribution is 4.79. The molecule has 0 saturated carbocycles. The minimum Gasteiger partial charge on any atom is -0.371 e. The molecule has 0 spiro atoms. The number of hydrogen-bond donors (Lipinski definition) is 1. The Morgan fingerprint density at radius 2 is 2.25 bits per heavy atom. The molecule has 0 aliphatic carbocycles. The minimum absolute atomic E-state index is 0.00629. The molecular weight excluding hydrogens is 225 g/mol. The van der Waals surface area contributed by atoms with Gasteiger partial charge in [-0.15, -0.1) is 0 Å². The van der Waals surface area contributed by atoms with E-state index in [0.717, 1.165) is 0 Å². The standard InChI is InChI=1S/C8H13F3N4O/c1-15-6-13-7(14-15)4-12-2-3-16-5-8(9,10)11/h6,12H,2-5H2,1H3. The molecule has 92 valence electrons. The van der Waals surface area contributed by atoms with E-state index in [1.54, 1.807) is 18.1 Å². The summed E-state index contributed by atoms with van der Waals surface area (Å²) in [5.41, 5.74) is 0. The van der Waals surface area contributed by atoms with Gasteiger partial charge in [0.25, 0.3) is 0 Å². The molecule has 0 bridgehead atoms. The molecule has 0 atom stereocenters. The summed E-state index contributed by atoms with van der Waals surface area (Å²) in [5, 5.41) is 6.86. The van der Waals surface area contributed by atoms with Crippen molar-refractivity contribution >= 4 is 0 Å². The zero-order chi connectivity index (χ0) is 12.0. The summed E-state index contributed by atoms with van der Waals surface area (Å²) in [4.78, 5) is 3.94. The Kier molecular flexibility index (Phi) is 4.69.